The Hall–Kier alpha value is -1.07. The van der Waals surface area contributed by atoms with Gasteiger partial charge in [0.1, 0.15) is 5.02 Å². The van der Waals surface area contributed by atoms with Gasteiger partial charge in [0.2, 0.25) is 0 Å². The highest BCUT2D eigenvalue weighted by molar-refractivity contribution is 6.32. The van der Waals surface area contributed by atoms with Crippen molar-refractivity contribution in [2.45, 2.75) is 6.92 Å². The van der Waals surface area contributed by atoms with E-state index in [1.807, 2.05) is 6.92 Å². The molecule has 1 heterocycles. The SMILES string of the molecule is CCOCCNc1cn[nH]c(=O)c1Cl. The molecule has 0 bridgehead atoms. The molecular formula is C8H12ClN3O2. The van der Waals surface area contributed by atoms with Crippen LogP contribution in [-0.2, 0) is 4.74 Å². The van der Waals surface area contributed by atoms with E-state index in [4.69, 9.17) is 16.3 Å². The van der Waals surface area contributed by atoms with E-state index in [1.54, 1.807) is 0 Å². The molecule has 0 fully saturated rings. The highest BCUT2D eigenvalue weighted by Gasteiger charge is 2.02. The van der Waals surface area contributed by atoms with Gasteiger partial charge in [-0.15, -0.1) is 0 Å². The minimum absolute atomic E-state index is 0.122. The molecule has 14 heavy (non-hydrogen) atoms. The smallest absolute Gasteiger partial charge is 0.285 e. The predicted molar refractivity (Wildman–Crippen MR) is 54.9 cm³/mol. The molecule has 6 heteroatoms. The van der Waals surface area contributed by atoms with Gasteiger partial charge in [0, 0.05) is 13.2 Å². The first-order valence-corrected chi connectivity index (χ1v) is 4.68. The van der Waals surface area contributed by atoms with Crippen LogP contribution in [0.5, 0.6) is 0 Å². The molecule has 1 rings (SSSR count). The summed E-state index contributed by atoms with van der Waals surface area (Å²) >= 11 is 5.72. The van der Waals surface area contributed by atoms with Gasteiger partial charge < -0.3 is 10.1 Å². The number of anilines is 1. The van der Waals surface area contributed by atoms with Crippen molar-refractivity contribution >= 4 is 17.3 Å². The fourth-order valence-corrected chi connectivity index (χ4v) is 1.07. The molecule has 1 aromatic rings. The minimum Gasteiger partial charge on any atom is -0.380 e. The summed E-state index contributed by atoms with van der Waals surface area (Å²) in [4.78, 5) is 11.0. The van der Waals surface area contributed by atoms with Crippen LogP contribution >= 0.6 is 11.6 Å². The zero-order valence-electron chi connectivity index (χ0n) is 7.84. The summed E-state index contributed by atoms with van der Waals surface area (Å²) in [7, 11) is 0. The number of nitrogens with zero attached hydrogens (tertiary/aromatic N) is 1. The molecule has 78 valence electrons. The van der Waals surface area contributed by atoms with Crippen molar-refractivity contribution in [3.05, 3.63) is 21.6 Å². The summed E-state index contributed by atoms with van der Waals surface area (Å²) in [5.74, 6) is 0. The molecule has 0 atom stereocenters. The Kier molecular flexibility index (Phi) is 4.42. The highest BCUT2D eigenvalue weighted by atomic mass is 35.5. The van der Waals surface area contributed by atoms with Gasteiger partial charge in [-0.25, -0.2) is 5.10 Å². The Morgan fingerprint density at radius 2 is 2.50 bits per heavy atom. The first-order valence-electron chi connectivity index (χ1n) is 4.30. The standard InChI is InChI=1S/C8H12ClN3O2/c1-2-14-4-3-10-6-5-11-12-8(13)7(6)9/h5H,2-4H2,1H3,(H2,10,12,13). The molecule has 2 N–H and O–H groups in total. The van der Waals surface area contributed by atoms with Crippen LogP contribution in [0, 0.1) is 0 Å². The molecule has 0 aliphatic heterocycles. The summed E-state index contributed by atoms with van der Waals surface area (Å²) < 4.78 is 5.11. The monoisotopic (exact) mass is 217 g/mol. The summed E-state index contributed by atoms with van der Waals surface area (Å²) in [6.45, 7) is 3.75. The number of ether oxygens (including phenoxy) is 1. The van der Waals surface area contributed by atoms with Gasteiger partial charge in [-0.1, -0.05) is 11.6 Å². The van der Waals surface area contributed by atoms with Crippen LogP contribution in [0.2, 0.25) is 5.02 Å². The number of halogens is 1. The Labute approximate surface area is 86.4 Å². The van der Waals surface area contributed by atoms with Gasteiger partial charge in [0.15, 0.2) is 0 Å². The maximum Gasteiger partial charge on any atom is 0.285 e. The van der Waals surface area contributed by atoms with Gasteiger partial charge >= 0.3 is 0 Å². The summed E-state index contributed by atoms with van der Waals surface area (Å²) in [5, 5.41) is 8.92. The van der Waals surface area contributed by atoms with Crippen LogP contribution in [-0.4, -0.2) is 30.0 Å². The molecule has 0 aromatic carbocycles. The largest absolute Gasteiger partial charge is 0.380 e. The van der Waals surface area contributed by atoms with Gasteiger partial charge in [0.25, 0.3) is 5.56 Å². The lowest BCUT2D eigenvalue weighted by molar-refractivity contribution is 0.158. The maximum absolute atomic E-state index is 11.0. The van der Waals surface area contributed by atoms with Crippen LogP contribution in [0.1, 0.15) is 6.92 Å². The Balaban J connectivity index is 2.51. The fourth-order valence-electron chi connectivity index (χ4n) is 0.909. The van der Waals surface area contributed by atoms with Crippen molar-refractivity contribution in [2.24, 2.45) is 0 Å². The van der Waals surface area contributed by atoms with E-state index >= 15 is 0 Å². The van der Waals surface area contributed by atoms with Crippen molar-refractivity contribution in [1.82, 2.24) is 10.2 Å². The van der Waals surface area contributed by atoms with E-state index in [0.717, 1.165) is 0 Å². The number of nitrogens with one attached hydrogen (secondary N) is 2. The Morgan fingerprint density at radius 1 is 1.71 bits per heavy atom. The van der Waals surface area contributed by atoms with E-state index in [9.17, 15) is 4.79 Å². The van der Waals surface area contributed by atoms with Crippen LogP contribution in [0.25, 0.3) is 0 Å². The van der Waals surface area contributed by atoms with Crippen LogP contribution in [0.4, 0.5) is 5.69 Å². The van der Waals surface area contributed by atoms with Gasteiger partial charge in [-0.2, -0.15) is 5.10 Å². The minimum atomic E-state index is -0.395. The Bertz CT molecular complexity index is 340. The second-order valence-corrected chi connectivity index (χ2v) is 2.93. The molecule has 0 spiro atoms. The maximum atomic E-state index is 11.0. The van der Waals surface area contributed by atoms with Crippen LogP contribution < -0.4 is 10.9 Å². The number of H-pyrrole nitrogens is 1. The molecule has 0 aliphatic carbocycles. The zero-order chi connectivity index (χ0) is 10.4. The second-order valence-electron chi connectivity index (χ2n) is 2.55. The third-order valence-electron chi connectivity index (χ3n) is 1.56. The summed E-state index contributed by atoms with van der Waals surface area (Å²) in [6.07, 6.45) is 1.47. The quantitative estimate of drug-likeness (QED) is 0.719. The zero-order valence-corrected chi connectivity index (χ0v) is 8.60. The Morgan fingerprint density at radius 3 is 3.21 bits per heavy atom. The second kappa shape index (κ2) is 5.62. The summed E-state index contributed by atoms with van der Waals surface area (Å²) in [6, 6.07) is 0. The van der Waals surface area contributed by atoms with Crippen molar-refractivity contribution < 1.29 is 4.74 Å². The van der Waals surface area contributed by atoms with E-state index in [2.05, 4.69) is 15.5 Å². The fraction of sp³-hybridized carbons (Fsp3) is 0.500. The average molecular weight is 218 g/mol. The molecule has 0 aliphatic rings. The molecule has 0 amide bonds. The van der Waals surface area contributed by atoms with Crippen LogP contribution in [0.3, 0.4) is 0 Å². The molecule has 0 saturated carbocycles. The van der Waals surface area contributed by atoms with Gasteiger partial charge in [-0.05, 0) is 6.92 Å². The van der Waals surface area contributed by atoms with E-state index in [-0.39, 0.29) is 5.02 Å². The third kappa shape index (κ3) is 3.01. The molecule has 0 saturated heterocycles. The molecule has 5 nitrogen and oxygen atoms in total. The number of aromatic amines is 1. The summed E-state index contributed by atoms with van der Waals surface area (Å²) in [5.41, 5.74) is 0.128. The van der Waals surface area contributed by atoms with Crippen molar-refractivity contribution in [2.75, 3.05) is 25.1 Å². The third-order valence-corrected chi connectivity index (χ3v) is 1.94. The lowest BCUT2D eigenvalue weighted by Crippen LogP contribution is -2.14. The normalized spacial score (nSPS) is 10.1. The van der Waals surface area contributed by atoms with Crippen molar-refractivity contribution in [1.29, 1.82) is 0 Å². The topological polar surface area (TPSA) is 67.0 Å². The van der Waals surface area contributed by atoms with Gasteiger partial charge in [0.05, 0.1) is 18.5 Å². The molecule has 0 radical (unpaired) electrons. The lowest BCUT2D eigenvalue weighted by Gasteiger charge is -2.06. The number of aromatic nitrogens is 2. The molecule has 1 aromatic heterocycles. The average Bonchev–Trinajstić information content (AvgIpc) is 2.19. The predicted octanol–water partition coefficient (Wildman–Crippen LogP) is 0.872. The van der Waals surface area contributed by atoms with E-state index in [0.29, 0.717) is 25.4 Å². The first-order chi connectivity index (χ1) is 6.75. The van der Waals surface area contributed by atoms with Crippen molar-refractivity contribution in [3.63, 3.8) is 0 Å². The van der Waals surface area contributed by atoms with Crippen molar-refractivity contribution in [3.8, 4) is 0 Å². The molecular weight excluding hydrogens is 206 g/mol. The number of hydrogen-bond acceptors (Lipinski definition) is 4. The number of rotatable bonds is 5. The first kappa shape index (κ1) is 11.0. The number of hydrogen-bond donors (Lipinski definition) is 2. The van der Waals surface area contributed by atoms with E-state index in [1.165, 1.54) is 6.20 Å². The van der Waals surface area contributed by atoms with Gasteiger partial charge in [-0.3, -0.25) is 4.79 Å². The van der Waals surface area contributed by atoms with E-state index < -0.39 is 5.56 Å². The lowest BCUT2D eigenvalue weighted by atomic mass is 10.4. The highest BCUT2D eigenvalue weighted by Crippen LogP contribution is 2.13. The molecule has 0 unspecified atom stereocenters. The van der Waals surface area contributed by atoms with Crippen LogP contribution in [0.15, 0.2) is 11.0 Å².